The summed E-state index contributed by atoms with van der Waals surface area (Å²) >= 11 is 1.78. The Hall–Kier alpha value is -1.00. The van der Waals surface area contributed by atoms with Gasteiger partial charge >= 0.3 is 5.97 Å². The number of aliphatic carboxylic acids is 1. The molecule has 4 heteroatoms. The highest BCUT2D eigenvalue weighted by atomic mass is 32.2. The molecular weight excluding hydrogens is 234 g/mol. The van der Waals surface area contributed by atoms with Crippen molar-refractivity contribution < 1.29 is 9.90 Å². The Morgan fingerprint density at radius 3 is 2.76 bits per heavy atom. The second-order valence-electron chi connectivity index (χ2n) is 4.27. The van der Waals surface area contributed by atoms with E-state index in [-0.39, 0.29) is 12.0 Å². The summed E-state index contributed by atoms with van der Waals surface area (Å²) in [5.74, 6) is -0.522. The van der Waals surface area contributed by atoms with Gasteiger partial charge in [-0.1, -0.05) is 31.5 Å². The molecule has 1 fully saturated rings. The van der Waals surface area contributed by atoms with E-state index in [0.717, 1.165) is 13.0 Å². The molecule has 0 radical (unpaired) electrons. The van der Waals surface area contributed by atoms with E-state index >= 15 is 0 Å². The number of carbonyl (C=O) groups is 1. The molecule has 1 aromatic carbocycles. The molecule has 1 saturated heterocycles. The maximum atomic E-state index is 11.1. The number of carboxylic acid groups (broad SMARTS) is 1. The van der Waals surface area contributed by atoms with Crippen LogP contribution < -0.4 is 5.32 Å². The van der Waals surface area contributed by atoms with Crippen LogP contribution in [-0.2, 0) is 4.79 Å². The molecule has 0 aromatic heterocycles. The van der Waals surface area contributed by atoms with Crippen LogP contribution in [0.25, 0.3) is 0 Å². The number of hydrogen-bond acceptors (Lipinski definition) is 3. The first-order valence-electron chi connectivity index (χ1n) is 5.90. The lowest BCUT2D eigenvalue weighted by atomic mass is 9.98. The van der Waals surface area contributed by atoms with Crippen molar-refractivity contribution in [1.82, 2.24) is 5.32 Å². The van der Waals surface area contributed by atoms with Crippen molar-refractivity contribution in [3.05, 3.63) is 30.3 Å². The van der Waals surface area contributed by atoms with E-state index in [0.29, 0.717) is 5.25 Å². The minimum Gasteiger partial charge on any atom is -0.480 e. The van der Waals surface area contributed by atoms with E-state index in [4.69, 9.17) is 5.11 Å². The van der Waals surface area contributed by atoms with Crippen LogP contribution >= 0.6 is 11.8 Å². The molecule has 2 rings (SSSR count). The third-order valence-corrected chi connectivity index (χ3v) is 4.58. The van der Waals surface area contributed by atoms with Gasteiger partial charge in [-0.15, -0.1) is 11.8 Å². The van der Waals surface area contributed by atoms with Gasteiger partial charge in [0.2, 0.25) is 0 Å². The highest BCUT2D eigenvalue weighted by Gasteiger charge is 2.39. The summed E-state index contributed by atoms with van der Waals surface area (Å²) < 4.78 is 0. The van der Waals surface area contributed by atoms with E-state index in [1.807, 2.05) is 18.2 Å². The van der Waals surface area contributed by atoms with Crippen LogP contribution in [0.1, 0.15) is 13.3 Å². The van der Waals surface area contributed by atoms with Gasteiger partial charge < -0.3 is 10.4 Å². The zero-order valence-electron chi connectivity index (χ0n) is 9.80. The molecule has 0 spiro atoms. The number of rotatable bonds is 4. The minimum absolute atomic E-state index is 0.206. The van der Waals surface area contributed by atoms with Gasteiger partial charge in [-0.05, 0) is 18.1 Å². The average Bonchev–Trinajstić information content (AvgIpc) is 2.73. The van der Waals surface area contributed by atoms with E-state index in [1.165, 1.54) is 4.90 Å². The van der Waals surface area contributed by atoms with Crippen molar-refractivity contribution in [2.75, 3.05) is 6.54 Å². The topological polar surface area (TPSA) is 49.3 Å². The molecule has 0 unspecified atom stereocenters. The Kier molecular flexibility index (Phi) is 4.07. The van der Waals surface area contributed by atoms with Crippen LogP contribution in [0, 0.1) is 5.92 Å². The molecule has 1 aliphatic heterocycles. The molecule has 3 nitrogen and oxygen atoms in total. The lowest BCUT2D eigenvalue weighted by Gasteiger charge is -2.19. The Labute approximate surface area is 106 Å². The van der Waals surface area contributed by atoms with Gasteiger partial charge in [-0.25, -0.2) is 0 Å². The summed E-state index contributed by atoms with van der Waals surface area (Å²) in [4.78, 5) is 12.3. The normalized spacial score (nSPS) is 28.2. The zero-order chi connectivity index (χ0) is 12.3. The Bertz CT molecular complexity index is 382. The number of nitrogens with one attached hydrogen (secondary N) is 1. The van der Waals surface area contributed by atoms with Crippen molar-refractivity contribution >= 4 is 17.7 Å². The molecule has 17 heavy (non-hydrogen) atoms. The monoisotopic (exact) mass is 251 g/mol. The predicted molar refractivity (Wildman–Crippen MR) is 69.3 cm³/mol. The van der Waals surface area contributed by atoms with Crippen LogP contribution in [0.3, 0.4) is 0 Å². The summed E-state index contributed by atoms with van der Waals surface area (Å²) in [6, 6.07) is 9.78. The first kappa shape index (κ1) is 12.5. The van der Waals surface area contributed by atoms with Gasteiger partial charge in [-0.2, -0.15) is 0 Å². The molecular formula is C13H17NO2S. The fourth-order valence-electron chi connectivity index (χ4n) is 2.33. The quantitative estimate of drug-likeness (QED) is 0.861. The number of carboxylic acids is 1. The highest BCUT2D eigenvalue weighted by Crippen LogP contribution is 2.34. The number of hydrogen-bond donors (Lipinski definition) is 2. The summed E-state index contributed by atoms with van der Waals surface area (Å²) in [5, 5.41) is 12.6. The second-order valence-corrected chi connectivity index (χ2v) is 5.58. The van der Waals surface area contributed by atoms with Crippen LogP contribution in [0.2, 0.25) is 0 Å². The Morgan fingerprint density at radius 1 is 1.47 bits per heavy atom. The molecule has 1 aliphatic rings. The molecule has 3 atom stereocenters. The second kappa shape index (κ2) is 5.56. The fraction of sp³-hybridized carbons (Fsp3) is 0.462. The van der Waals surface area contributed by atoms with E-state index in [2.05, 4.69) is 24.4 Å². The van der Waals surface area contributed by atoms with Crippen molar-refractivity contribution in [3.63, 3.8) is 0 Å². The van der Waals surface area contributed by atoms with Crippen LogP contribution in [0.4, 0.5) is 0 Å². The van der Waals surface area contributed by atoms with Gasteiger partial charge in [0.25, 0.3) is 0 Å². The SMILES string of the molecule is CC[C@H]1[C@@H](Sc2ccccc2)CN[C@@H]1C(=O)O. The summed E-state index contributed by atoms with van der Waals surface area (Å²) in [6.45, 7) is 2.83. The number of benzene rings is 1. The van der Waals surface area contributed by atoms with Crippen LogP contribution in [-0.4, -0.2) is 28.9 Å². The maximum Gasteiger partial charge on any atom is 0.321 e. The van der Waals surface area contributed by atoms with Crippen LogP contribution in [0.5, 0.6) is 0 Å². The van der Waals surface area contributed by atoms with Gasteiger partial charge in [0.1, 0.15) is 6.04 Å². The lowest BCUT2D eigenvalue weighted by Crippen LogP contribution is -2.35. The molecule has 1 aromatic rings. The zero-order valence-corrected chi connectivity index (χ0v) is 10.6. The molecule has 0 saturated carbocycles. The smallest absolute Gasteiger partial charge is 0.321 e. The van der Waals surface area contributed by atoms with Gasteiger partial charge in [0.05, 0.1) is 0 Å². The van der Waals surface area contributed by atoms with Crippen molar-refractivity contribution in [2.45, 2.75) is 29.5 Å². The third kappa shape index (κ3) is 2.82. The molecule has 2 N–H and O–H groups in total. The Morgan fingerprint density at radius 2 is 2.18 bits per heavy atom. The lowest BCUT2D eigenvalue weighted by molar-refractivity contribution is -0.140. The van der Waals surface area contributed by atoms with Crippen molar-refractivity contribution in [2.24, 2.45) is 5.92 Å². The first-order chi connectivity index (χ1) is 8.22. The largest absolute Gasteiger partial charge is 0.480 e. The summed E-state index contributed by atoms with van der Waals surface area (Å²) in [7, 11) is 0. The van der Waals surface area contributed by atoms with E-state index in [9.17, 15) is 4.79 Å². The predicted octanol–water partition coefficient (Wildman–Crippen LogP) is 2.23. The van der Waals surface area contributed by atoms with E-state index in [1.54, 1.807) is 11.8 Å². The maximum absolute atomic E-state index is 11.1. The molecule has 1 heterocycles. The molecule has 92 valence electrons. The Balaban J connectivity index is 2.05. The summed E-state index contributed by atoms with van der Waals surface area (Å²) in [6.07, 6.45) is 0.897. The minimum atomic E-state index is -0.729. The fourth-order valence-corrected chi connectivity index (χ4v) is 3.70. The summed E-state index contributed by atoms with van der Waals surface area (Å²) in [5.41, 5.74) is 0. The molecule has 0 aliphatic carbocycles. The number of thioether (sulfide) groups is 1. The van der Waals surface area contributed by atoms with Crippen molar-refractivity contribution in [1.29, 1.82) is 0 Å². The molecule has 0 amide bonds. The van der Waals surface area contributed by atoms with Gasteiger partial charge in [-0.3, -0.25) is 4.79 Å². The average molecular weight is 251 g/mol. The molecule has 0 bridgehead atoms. The van der Waals surface area contributed by atoms with Gasteiger partial charge in [0.15, 0.2) is 0 Å². The van der Waals surface area contributed by atoms with Crippen molar-refractivity contribution in [3.8, 4) is 0 Å². The standard InChI is InChI=1S/C13H17NO2S/c1-2-10-11(8-14-12(10)13(15)16)17-9-6-4-3-5-7-9/h3-7,10-12,14H,2,8H2,1H3,(H,15,16)/t10-,11-,12-/m0/s1. The van der Waals surface area contributed by atoms with Gasteiger partial charge in [0, 0.05) is 16.7 Å². The third-order valence-electron chi connectivity index (χ3n) is 3.21. The van der Waals surface area contributed by atoms with E-state index < -0.39 is 5.97 Å². The van der Waals surface area contributed by atoms with Crippen LogP contribution in [0.15, 0.2) is 35.2 Å². The highest BCUT2D eigenvalue weighted by molar-refractivity contribution is 8.00. The first-order valence-corrected chi connectivity index (χ1v) is 6.78.